The van der Waals surface area contributed by atoms with E-state index in [0.29, 0.717) is 16.6 Å². The largest absolute Gasteiger partial charge is 0.518 e. The summed E-state index contributed by atoms with van der Waals surface area (Å²) in [5.74, 6) is 0. The predicted octanol–water partition coefficient (Wildman–Crippen LogP) is 3.56. The van der Waals surface area contributed by atoms with Gasteiger partial charge in [-0.3, -0.25) is 0 Å². The van der Waals surface area contributed by atoms with Gasteiger partial charge >= 0.3 is 0 Å². The quantitative estimate of drug-likeness (QED) is 0.309. The van der Waals surface area contributed by atoms with Crippen molar-refractivity contribution in [3.8, 4) is 0 Å². The molecule has 2 nitrogen and oxygen atoms in total. The number of thiol groups is 1. The van der Waals surface area contributed by atoms with Gasteiger partial charge in [0.25, 0.3) is 0 Å². The molecule has 0 radical (unpaired) electrons. The lowest BCUT2D eigenvalue weighted by Gasteiger charge is -2.12. The third-order valence-corrected chi connectivity index (χ3v) is 7.25. The summed E-state index contributed by atoms with van der Waals surface area (Å²) in [5, 5.41) is 19.0. The van der Waals surface area contributed by atoms with Crippen molar-refractivity contribution in [2.75, 3.05) is 6.61 Å². The molecule has 108 valence electrons. The summed E-state index contributed by atoms with van der Waals surface area (Å²) in [6.45, 7) is 4.38. The van der Waals surface area contributed by atoms with Crippen LogP contribution in [0.15, 0.2) is 0 Å². The summed E-state index contributed by atoms with van der Waals surface area (Å²) in [6.07, 6.45) is 10.8. The van der Waals surface area contributed by atoms with Crippen molar-refractivity contribution in [2.24, 2.45) is 0 Å². The monoisotopic (exact) mass is 290 g/mol. The standard InChI is InChI=1S/C14H30O2SSi/c1-3-4-5-6-7-8-9-10-14(17)18(2)13(16)11-12-15/h14-17H,3-12H2,1-2H3/b18-13-. The van der Waals surface area contributed by atoms with E-state index in [2.05, 4.69) is 26.1 Å². The molecule has 0 spiro atoms. The molecule has 4 heteroatoms. The molecule has 1 atom stereocenters. The summed E-state index contributed by atoms with van der Waals surface area (Å²) in [5.41, 5.74) is 0. The average Bonchev–Trinajstić information content (AvgIpc) is 2.36. The van der Waals surface area contributed by atoms with Gasteiger partial charge < -0.3 is 10.2 Å². The summed E-state index contributed by atoms with van der Waals surface area (Å²) in [6, 6.07) is 0. The summed E-state index contributed by atoms with van der Waals surface area (Å²) >= 11 is 4.60. The minimum absolute atomic E-state index is 0.0474. The second-order valence-electron chi connectivity index (χ2n) is 5.03. The van der Waals surface area contributed by atoms with Crippen molar-refractivity contribution in [1.82, 2.24) is 0 Å². The Bertz CT molecular complexity index is 232. The van der Waals surface area contributed by atoms with Gasteiger partial charge in [0.05, 0.1) is 13.8 Å². The van der Waals surface area contributed by atoms with Crippen LogP contribution in [0.25, 0.3) is 0 Å². The molecule has 0 amide bonds. The molecule has 0 bridgehead atoms. The van der Waals surface area contributed by atoms with Crippen LogP contribution in [0.1, 0.15) is 64.7 Å². The zero-order chi connectivity index (χ0) is 13.8. The first-order chi connectivity index (χ1) is 8.63. The first kappa shape index (κ1) is 18.2. The van der Waals surface area contributed by atoms with Crippen LogP contribution in [-0.4, -0.2) is 35.5 Å². The minimum Gasteiger partial charge on any atom is -0.518 e. The van der Waals surface area contributed by atoms with Crippen LogP contribution in [0.4, 0.5) is 0 Å². The molecule has 0 aliphatic carbocycles. The smallest absolute Gasteiger partial charge is 0.0699 e. The Morgan fingerprint density at radius 2 is 1.67 bits per heavy atom. The van der Waals surface area contributed by atoms with Crippen LogP contribution in [-0.2, 0) is 0 Å². The number of hydrogen-bond donors (Lipinski definition) is 3. The fourth-order valence-electron chi connectivity index (χ4n) is 2.01. The molecule has 0 heterocycles. The van der Waals surface area contributed by atoms with Gasteiger partial charge in [0.1, 0.15) is 0 Å². The third kappa shape index (κ3) is 9.17. The molecule has 0 aliphatic heterocycles. The number of hydrogen-bond acceptors (Lipinski definition) is 3. The fraction of sp³-hybridized carbons (Fsp3) is 0.929. The second kappa shape index (κ2) is 12.2. The molecular weight excluding hydrogens is 260 g/mol. The molecule has 2 N–H and O–H groups in total. The molecule has 0 aromatic heterocycles. The Morgan fingerprint density at radius 1 is 1.11 bits per heavy atom. The van der Waals surface area contributed by atoms with Crippen LogP contribution in [0.5, 0.6) is 0 Å². The highest BCUT2D eigenvalue weighted by Crippen LogP contribution is 2.13. The first-order valence-electron chi connectivity index (χ1n) is 7.31. The maximum absolute atomic E-state index is 9.74. The Hall–Kier alpha value is 0.197. The first-order valence-corrected chi connectivity index (χ1v) is 9.90. The van der Waals surface area contributed by atoms with Crippen LogP contribution < -0.4 is 0 Å². The Labute approximate surface area is 119 Å². The lowest BCUT2D eigenvalue weighted by molar-refractivity contribution is 0.300. The second-order valence-corrected chi connectivity index (χ2v) is 8.78. The molecule has 0 aromatic rings. The van der Waals surface area contributed by atoms with Crippen LogP contribution in [0, 0.1) is 0 Å². The van der Waals surface area contributed by atoms with E-state index in [1.54, 1.807) is 0 Å². The van der Waals surface area contributed by atoms with Gasteiger partial charge in [0, 0.05) is 17.9 Å². The predicted molar refractivity (Wildman–Crippen MR) is 85.6 cm³/mol. The fourth-order valence-corrected chi connectivity index (χ4v) is 4.16. The van der Waals surface area contributed by atoms with Gasteiger partial charge in [-0.05, 0) is 6.42 Å². The maximum Gasteiger partial charge on any atom is 0.0699 e. The van der Waals surface area contributed by atoms with E-state index < -0.39 is 8.41 Å². The number of rotatable bonds is 11. The zero-order valence-corrected chi connectivity index (χ0v) is 13.9. The lowest BCUT2D eigenvalue weighted by atomic mass is 10.1. The zero-order valence-electron chi connectivity index (χ0n) is 12.0. The number of aliphatic hydroxyl groups is 2. The minimum atomic E-state index is -0.932. The topological polar surface area (TPSA) is 40.5 Å². The molecule has 0 saturated carbocycles. The van der Waals surface area contributed by atoms with Gasteiger partial charge in [-0.2, -0.15) is 12.6 Å². The maximum atomic E-state index is 9.74. The van der Waals surface area contributed by atoms with E-state index in [4.69, 9.17) is 5.11 Å². The normalized spacial score (nSPS) is 14.4. The molecular formula is C14H30O2SSi. The van der Waals surface area contributed by atoms with Crippen molar-refractivity contribution >= 4 is 26.4 Å². The SMILES string of the molecule is CCCCCCCCCC(S)/[Si](C)=C(\O)CCO. The van der Waals surface area contributed by atoms with E-state index in [-0.39, 0.29) is 6.61 Å². The van der Waals surface area contributed by atoms with Crippen molar-refractivity contribution in [2.45, 2.75) is 76.1 Å². The van der Waals surface area contributed by atoms with Gasteiger partial charge in [0.15, 0.2) is 0 Å². The van der Waals surface area contributed by atoms with Crippen LogP contribution >= 0.6 is 12.6 Å². The Kier molecular flexibility index (Phi) is 12.4. The highest BCUT2D eigenvalue weighted by molar-refractivity contribution is 7.82. The summed E-state index contributed by atoms with van der Waals surface area (Å²) in [7, 11) is -0.932. The lowest BCUT2D eigenvalue weighted by Crippen LogP contribution is -2.24. The Balaban J connectivity index is 3.64. The summed E-state index contributed by atoms with van der Waals surface area (Å²) in [4.78, 5) is 0.317. The molecule has 0 fully saturated rings. The molecule has 0 saturated heterocycles. The van der Waals surface area contributed by atoms with Crippen molar-refractivity contribution < 1.29 is 10.2 Å². The molecule has 1 unspecified atom stereocenters. The van der Waals surface area contributed by atoms with Crippen molar-refractivity contribution in [3.05, 3.63) is 0 Å². The van der Waals surface area contributed by atoms with E-state index in [0.717, 1.165) is 6.42 Å². The molecule has 0 aliphatic rings. The van der Waals surface area contributed by atoms with Crippen LogP contribution in [0.2, 0.25) is 6.55 Å². The molecule has 0 rings (SSSR count). The number of aliphatic hydroxyl groups excluding tert-OH is 2. The van der Waals surface area contributed by atoms with E-state index in [1.807, 2.05) is 0 Å². The van der Waals surface area contributed by atoms with Gasteiger partial charge in [0.2, 0.25) is 0 Å². The third-order valence-electron chi connectivity index (χ3n) is 3.38. The summed E-state index contributed by atoms with van der Waals surface area (Å²) < 4.78 is 0. The molecule has 18 heavy (non-hydrogen) atoms. The molecule has 0 aromatic carbocycles. The van der Waals surface area contributed by atoms with Gasteiger partial charge in [-0.25, -0.2) is 0 Å². The van der Waals surface area contributed by atoms with Crippen molar-refractivity contribution in [1.29, 1.82) is 0 Å². The van der Waals surface area contributed by atoms with Gasteiger partial charge in [-0.1, -0.05) is 58.4 Å². The van der Waals surface area contributed by atoms with Crippen LogP contribution in [0.3, 0.4) is 0 Å². The van der Waals surface area contributed by atoms with Crippen molar-refractivity contribution in [3.63, 3.8) is 0 Å². The van der Waals surface area contributed by atoms with Gasteiger partial charge in [-0.15, -0.1) is 0 Å². The highest BCUT2D eigenvalue weighted by Gasteiger charge is 2.10. The highest BCUT2D eigenvalue weighted by atomic mass is 32.1. The Morgan fingerprint density at radius 3 is 2.22 bits per heavy atom. The average molecular weight is 291 g/mol. The number of unbranched alkanes of at least 4 members (excludes halogenated alkanes) is 6. The van der Waals surface area contributed by atoms with E-state index in [9.17, 15) is 5.11 Å². The van der Waals surface area contributed by atoms with E-state index in [1.165, 1.54) is 44.9 Å². The van der Waals surface area contributed by atoms with E-state index >= 15 is 0 Å².